The first-order chi connectivity index (χ1) is 11.7. The van der Waals surface area contributed by atoms with E-state index in [1.54, 1.807) is 10.5 Å². The van der Waals surface area contributed by atoms with E-state index in [-0.39, 0.29) is 17.3 Å². The van der Waals surface area contributed by atoms with E-state index >= 15 is 0 Å². The van der Waals surface area contributed by atoms with Crippen molar-refractivity contribution in [3.63, 3.8) is 0 Å². The Labute approximate surface area is 137 Å². The van der Waals surface area contributed by atoms with E-state index in [0.717, 1.165) is 24.2 Å². The minimum atomic E-state index is -0.289. The number of aromatic nitrogens is 4. The monoisotopic (exact) mass is 328 g/mol. The zero-order chi connectivity index (χ0) is 16.5. The van der Waals surface area contributed by atoms with Gasteiger partial charge in [-0.25, -0.2) is 4.39 Å². The SMILES string of the molecule is O=c1[nH]c(Cc2cccc(F)c2)cn2c(C3CCOCC3)nnc12. The number of ether oxygens (including phenoxy) is 1. The van der Waals surface area contributed by atoms with Gasteiger partial charge in [0.1, 0.15) is 11.6 Å². The summed E-state index contributed by atoms with van der Waals surface area (Å²) in [6.07, 6.45) is 4.01. The van der Waals surface area contributed by atoms with Crippen LogP contribution in [0.2, 0.25) is 0 Å². The lowest BCUT2D eigenvalue weighted by Crippen LogP contribution is -2.18. The number of H-pyrrole nitrogens is 1. The molecule has 0 spiro atoms. The molecule has 7 heteroatoms. The number of hydrogen-bond acceptors (Lipinski definition) is 4. The zero-order valence-electron chi connectivity index (χ0n) is 13.0. The van der Waals surface area contributed by atoms with Crippen molar-refractivity contribution < 1.29 is 9.13 Å². The largest absolute Gasteiger partial charge is 0.381 e. The molecule has 1 aliphatic heterocycles. The Kier molecular flexibility index (Phi) is 3.86. The van der Waals surface area contributed by atoms with E-state index in [1.807, 2.05) is 12.3 Å². The minimum absolute atomic E-state index is 0.234. The Morgan fingerprint density at radius 1 is 1.29 bits per heavy atom. The van der Waals surface area contributed by atoms with Crippen LogP contribution in [0.4, 0.5) is 4.39 Å². The number of halogens is 1. The van der Waals surface area contributed by atoms with Crippen LogP contribution in [0.5, 0.6) is 0 Å². The Morgan fingerprint density at radius 3 is 2.92 bits per heavy atom. The van der Waals surface area contributed by atoms with Gasteiger partial charge in [-0.05, 0) is 30.5 Å². The summed E-state index contributed by atoms with van der Waals surface area (Å²) < 4.78 is 20.5. The molecule has 0 saturated carbocycles. The second kappa shape index (κ2) is 6.16. The van der Waals surface area contributed by atoms with Crippen LogP contribution >= 0.6 is 0 Å². The third-order valence-electron chi connectivity index (χ3n) is 4.35. The average molecular weight is 328 g/mol. The smallest absolute Gasteiger partial charge is 0.293 e. The number of benzene rings is 1. The van der Waals surface area contributed by atoms with Gasteiger partial charge in [0.05, 0.1) is 0 Å². The summed E-state index contributed by atoms with van der Waals surface area (Å²) in [5.74, 6) is 0.737. The van der Waals surface area contributed by atoms with Gasteiger partial charge in [0.15, 0.2) is 0 Å². The third-order valence-corrected chi connectivity index (χ3v) is 4.35. The van der Waals surface area contributed by atoms with Crippen molar-refractivity contribution >= 4 is 5.65 Å². The fourth-order valence-corrected chi connectivity index (χ4v) is 3.17. The van der Waals surface area contributed by atoms with Gasteiger partial charge in [-0.3, -0.25) is 9.20 Å². The van der Waals surface area contributed by atoms with Gasteiger partial charge in [-0.1, -0.05) is 12.1 Å². The van der Waals surface area contributed by atoms with Crippen molar-refractivity contribution in [2.45, 2.75) is 25.2 Å². The predicted octanol–water partition coefficient (Wildman–Crippen LogP) is 2.04. The number of rotatable bonds is 3. The van der Waals surface area contributed by atoms with Crippen molar-refractivity contribution in [3.05, 3.63) is 63.7 Å². The lowest BCUT2D eigenvalue weighted by molar-refractivity contribution is 0.0834. The van der Waals surface area contributed by atoms with Crippen LogP contribution in [-0.2, 0) is 11.2 Å². The van der Waals surface area contributed by atoms with Crippen LogP contribution in [0.15, 0.2) is 35.3 Å². The van der Waals surface area contributed by atoms with E-state index in [0.29, 0.717) is 31.0 Å². The zero-order valence-corrected chi connectivity index (χ0v) is 13.0. The first-order valence-corrected chi connectivity index (χ1v) is 8.00. The van der Waals surface area contributed by atoms with E-state index in [1.165, 1.54) is 12.1 Å². The standard InChI is InChI=1S/C17H17FN4O2/c18-13-3-1-2-11(8-13)9-14-10-22-15(12-4-6-24-7-5-12)20-21-16(22)17(23)19-14/h1-3,8,10,12H,4-7,9H2,(H,19,23). The van der Waals surface area contributed by atoms with Crippen LogP contribution in [-0.4, -0.2) is 32.8 Å². The molecule has 1 fully saturated rings. The van der Waals surface area contributed by atoms with Crippen LogP contribution < -0.4 is 5.56 Å². The van der Waals surface area contributed by atoms with E-state index in [4.69, 9.17) is 4.74 Å². The summed E-state index contributed by atoms with van der Waals surface area (Å²) >= 11 is 0. The molecule has 0 radical (unpaired) electrons. The van der Waals surface area contributed by atoms with Gasteiger partial charge in [0.2, 0.25) is 5.65 Å². The molecule has 6 nitrogen and oxygen atoms in total. The average Bonchev–Trinajstić information content (AvgIpc) is 3.00. The van der Waals surface area contributed by atoms with E-state index in [2.05, 4.69) is 15.2 Å². The van der Waals surface area contributed by atoms with Gasteiger partial charge in [0.25, 0.3) is 5.56 Å². The molecule has 1 saturated heterocycles. The molecule has 0 atom stereocenters. The number of nitrogens with zero attached hydrogens (tertiary/aromatic N) is 3. The van der Waals surface area contributed by atoms with Crippen LogP contribution in [0, 0.1) is 5.82 Å². The Morgan fingerprint density at radius 2 is 2.12 bits per heavy atom. The molecule has 1 aliphatic rings. The molecule has 1 N–H and O–H groups in total. The third kappa shape index (κ3) is 2.82. The molecule has 24 heavy (non-hydrogen) atoms. The molecule has 4 rings (SSSR count). The van der Waals surface area contributed by atoms with Crippen molar-refractivity contribution in [1.29, 1.82) is 0 Å². The first-order valence-electron chi connectivity index (χ1n) is 8.00. The highest BCUT2D eigenvalue weighted by Gasteiger charge is 2.22. The molecular formula is C17H17FN4O2. The van der Waals surface area contributed by atoms with Gasteiger partial charge < -0.3 is 9.72 Å². The molecule has 0 aliphatic carbocycles. The highest BCUT2D eigenvalue weighted by atomic mass is 19.1. The van der Waals surface area contributed by atoms with Crippen LogP contribution in [0.1, 0.15) is 35.8 Å². The van der Waals surface area contributed by atoms with Gasteiger partial charge >= 0.3 is 0 Å². The maximum atomic E-state index is 13.4. The Balaban J connectivity index is 1.73. The molecule has 0 unspecified atom stereocenters. The van der Waals surface area contributed by atoms with Crippen molar-refractivity contribution in [1.82, 2.24) is 19.6 Å². The van der Waals surface area contributed by atoms with Crippen molar-refractivity contribution in [3.8, 4) is 0 Å². The fourth-order valence-electron chi connectivity index (χ4n) is 3.17. The van der Waals surface area contributed by atoms with Gasteiger partial charge in [-0.15, -0.1) is 10.2 Å². The fraction of sp³-hybridized carbons (Fsp3) is 0.353. The summed E-state index contributed by atoms with van der Waals surface area (Å²) in [5.41, 5.74) is 1.51. The quantitative estimate of drug-likeness (QED) is 0.798. The van der Waals surface area contributed by atoms with Gasteiger partial charge in [-0.2, -0.15) is 0 Å². The van der Waals surface area contributed by atoms with Crippen molar-refractivity contribution in [2.75, 3.05) is 13.2 Å². The maximum Gasteiger partial charge on any atom is 0.293 e. The molecule has 2 aromatic heterocycles. The predicted molar refractivity (Wildman–Crippen MR) is 85.6 cm³/mol. The summed E-state index contributed by atoms with van der Waals surface area (Å²) in [6, 6.07) is 6.36. The maximum absolute atomic E-state index is 13.4. The Hall–Kier alpha value is -2.54. The number of aromatic amines is 1. The minimum Gasteiger partial charge on any atom is -0.381 e. The molecule has 3 aromatic rings. The van der Waals surface area contributed by atoms with Crippen molar-refractivity contribution in [2.24, 2.45) is 0 Å². The summed E-state index contributed by atoms with van der Waals surface area (Å²) in [7, 11) is 0. The lowest BCUT2D eigenvalue weighted by Gasteiger charge is -2.20. The highest BCUT2D eigenvalue weighted by Crippen LogP contribution is 2.25. The van der Waals surface area contributed by atoms with Crippen LogP contribution in [0.25, 0.3) is 5.65 Å². The Bertz CT molecular complexity index is 928. The summed E-state index contributed by atoms with van der Waals surface area (Å²) in [5, 5.41) is 8.24. The van der Waals surface area contributed by atoms with Crippen LogP contribution in [0.3, 0.4) is 0 Å². The summed E-state index contributed by atoms with van der Waals surface area (Å²) in [4.78, 5) is 15.1. The molecule has 0 amide bonds. The van der Waals surface area contributed by atoms with Gasteiger partial charge in [0, 0.05) is 37.4 Å². The van der Waals surface area contributed by atoms with E-state index in [9.17, 15) is 9.18 Å². The highest BCUT2D eigenvalue weighted by molar-refractivity contribution is 5.37. The topological polar surface area (TPSA) is 72.3 Å². The van der Waals surface area contributed by atoms with E-state index < -0.39 is 0 Å². The number of hydrogen-bond donors (Lipinski definition) is 1. The molecule has 1 aromatic carbocycles. The summed E-state index contributed by atoms with van der Waals surface area (Å²) in [6.45, 7) is 1.39. The number of nitrogens with one attached hydrogen (secondary N) is 1. The molecule has 124 valence electrons. The second-order valence-electron chi connectivity index (χ2n) is 6.05. The first kappa shape index (κ1) is 15.0. The normalized spacial score (nSPS) is 15.9. The molecule has 0 bridgehead atoms. The lowest BCUT2D eigenvalue weighted by atomic mass is 9.99. The molecule has 3 heterocycles. The second-order valence-corrected chi connectivity index (χ2v) is 6.05. The molecular weight excluding hydrogens is 311 g/mol. The number of fused-ring (bicyclic) bond motifs is 1.